The second-order valence-corrected chi connectivity index (χ2v) is 10.4. The van der Waals surface area contributed by atoms with Gasteiger partial charge in [0.25, 0.3) is 0 Å². The van der Waals surface area contributed by atoms with E-state index in [1.54, 1.807) is 12.4 Å². The molecule has 226 valence electrons. The number of carboxylic acids is 2. The van der Waals surface area contributed by atoms with Crippen LogP contribution in [0.25, 0.3) is 21.8 Å². The van der Waals surface area contributed by atoms with E-state index in [2.05, 4.69) is 25.9 Å². The van der Waals surface area contributed by atoms with Crippen LogP contribution in [-0.2, 0) is 36.8 Å². The first-order valence-corrected chi connectivity index (χ1v) is 13.7. The van der Waals surface area contributed by atoms with Crippen LogP contribution in [0.2, 0.25) is 0 Å². The van der Waals surface area contributed by atoms with Crippen LogP contribution in [0.15, 0.2) is 60.9 Å². The van der Waals surface area contributed by atoms with E-state index in [-0.39, 0.29) is 19.3 Å². The van der Waals surface area contributed by atoms with Crippen LogP contribution in [-0.4, -0.2) is 74.0 Å². The number of carbonyl (C=O) groups is 5. The van der Waals surface area contributed by atoms with Crippen LogP contribution in [0.5, 0.6) is 0 Å². The first kappa shape index (κ1) is 30.8. The third-order valence-corrected chi connectivity index (χ3v) is 7.14. The van der Waals surface area contributed by atoms with Crippen LogP contribution in [0, 0.1) is 0 Å². The molecule has 0 bridgehead atoms. The summed E-state index contributed by atoms with van der Waals surface area (Å²) in [5.41, 5.74) is 8.83. The van der Waals surface area contributed by atoms with Crippen molar-refractivity contribution in [3.8, 4) is 0 Å². The van der Waals surface area contributed by atoms with Gasteiger partial charge in [0.15, 0.2) is 0 Å². The van der Waals surface area contributed by atoms with Gasteiger partial charge >= 0.3 is 11.9 Å². The molecule has 9 N–H and O–H groups in total. The third kappa shape index (κ3) is 7.77. The summed E-state index contributed by atoms with van der Waals surface area (Å²) in [7, 11) is 0. The molecular formula is C30H34N6O7. The summed E-state index contributed by atoms with van der Waals surface area (Å²) in [6.07, 6.45) is 2.65. The van der Waals surface area contributed by atoms with Crippen molar-refractivity contribution in [2.45, 2.75) is 56.8 Å². The molecule has 2 aromatic carbocycles. The van der Waals surface area contributed by atoms with Crippen LogP contribution < -0.4 is 21.7 Å². The van der Waals surface area contributed by atoms with Gasteiger partial charge in [-0.3, -0.25) is 19.2 Å². The molecular weight excluding hydrogens is 556 g/mol. The Morgan fingerprint density at radius 1 is 0.721 bits per heavy atom. The summed E-state index contributed by atoms with van der Waals surface area (Å²) < 4.78 is 0. The van der Waals surface area contributed by atoms with Gasteiger partial charge in [-0.15, -0.1) is 0 Å². The number of aliphatic carboxylic acids is 2. The topological polar surface area (TPSA) is 219 Å². The molecule has 0 aliphatic heterocycles. The van der Waals surface area contributed by atoms with Gasteiger partial charge in [0.2, 0.25) is 17.7 Å². The Labute approximate surface area is 246 Å². The average Bonchev–Trinajstić information content (AvgIpc) is 3.58. The highest BCUT2D eigenvalue weighted by molar-refractivity contribution is 5.95. The van der Waals surface area contributed by atoms with Crippen LogP contribution >= 0.6 is 0 Å². The summed E-state index contributed by atoms with van der Waals surface area (Å²) in [6, 6.07) is 10.0. The molecule has 13 nitrogen and oxygen atoms in total. The Morgan fingerprint density at radius 2 is 1.16 bits per heavy atom. The summed E-state index contributed by atoms with van der Waals surface area (Å²) in [5, 5.41) is 28.0. The molecule has 43 heavy (non-hydrogen) atoms. The minimum atomic E-state index is -1.49. The smallest absolute Gasteiger partial charge is 0.326 e. The van der Waals surface area contributed by atoms with Crippen LogP contribution in [0.4, 0.5) is 0 Å². The second kappa shape index (κ2) is 13.7. The third-order valence-electron chi connectivity index (χ3n) is 7.14. The van der Waals surface area contributed by atoms with Gasteiger partial charge in [-0.1, -0.05) is 36.4 Å². The van der Waals surface area contributed by atoms with Crippen LogP contribution in [0.1, 0.15) is 30.9 Å². The van der Waals surface area contributed by atoms with E-state index in [4.69, 9.17) is 10.8 Å². The standard InChI is InChI=1S/C30H34N6O7/c1-16(31)27(39)35-24(12-17-14-32-21-8-4-2-6-19(17)21)29(41)36-25(13-18-15-33-22-9-5-3-7-20(18)22)28(40)34-23(30(42)43)10-11-26(37)38/h2-9,14-16,23-25,32-33H,10-13,31H2,1H3,(H,34,40)(H,35,39)(H,36,41)(H,37,38)(H,42,43). The lowest BCUT2D eigenvalue weighted by Gasteiger charge is -2.25. The van der Waals surface area contributed by atoms with E-state index >= 15 is 0 Å². The van der Waals surface area contributed by atoms with Crippen molar-refractivity contribution in [2.24, 2.45) is 5.73 Å². The molecule has 2 aromatic heterocycles. The molecule has 0 aliphatic rings. The monoisotopic (exact) mass is 590 g/mol. The van der Waals surface area contributed by atoms with E-state index in [9.17, 15) is 29.1 Å². The number of H-pyrrole nitrogens is 2. The Morgan fingerprint density at radius 3 is 1.60 bits per heavy atom. The van der Waals surface area contributed by atoms with E-state index in [0.29, 0.717) is 5.56 Å². The lowest BCUT2D eigenvalue weighted by molar-refractivity contribution is -0.143. The number of nitrogens with one attached hydrogen (secondary N) is 5. The molecule has 4 unspecified atom stereocenters. The van der Waals surface area contributed by atoms with Crippen LogP contribution in [0.3, 0.4) is 0 Å². The maximum Gasteiger partial charge on any atom is 0.326 e. The van der Waals surface area contributed by atoms with E-state index < -0.39 is 60.2 Å². The van der Waals surface area contributed by atoms with Crippen molar-refractivity contribution in [1.82, 2.24) is 25.9 Å². The largest absolute Gasteiger partial charge is 0.481 e. The number of hydrogen-bond acceptors (Lipinski definition) is 6. The molecule has 0 spiro atoms. The van der Waals surface area contributed by atoms with Crippen molar-refractivity contribution in [2.75, 3.05) is 0 Å². The molecule has 13 heteroatoms. The van der Waals surface area contributed by atoms with E-state index in [1.807, 2.05) is 48.5 Å². The van der Waals surface area contributed by atoms with Crippen molar-refractivity contribution >= 4 is 51.5 Å². The number of carboxylic acid groups (broad SMARTS) is 2. The Balaban J connectivity index is 1.62. The molecule has 4 rings (SSSR count). The molecule has 2 heterocycles. The zero-order valence-corrected chi connectivity index (χ0v) is 23.4. The fourth-order valence-electron chi connectivity index (χ4n) is 4.83. The van der Waals surface area contributed by atoms with Gasteiger partial charge in [-0.25, -0.2) is 4.79 Å². The van der Waals surface area contributed by atoms with Gasteiger partial charge < -0.3 is 41.9 Å². The number of nitrogens with two attached hydrogens (primary N) is 1. The molecule has 0 aliphatic carbocycles. The quantitative estimate of drug-likeness (QED) is 0.106. The Kier molecular flexibility index (Phi) is 9.78. The predicted molar refractivity (Wildman–Crippen MR) is 158 cm³/mol. The number of para-hydroxylation sites is 2. The van der Waals surface area contributed by atoms with Crippen molar-refractivity contribution in [3.05, 3.63) is 72.1 Å². The molecule has 4 atom stereocenters. The Hall–Kier alpha value is -5.17. The number of benzene rings is 2. The number of amides is 3. The number of fused-ring (bicyclic) bond motifs is 2. The lowest BCUT2D eigenvalue weighted by atomic mass is 10.0. The molecule has 4 aromatic rings. The number of hydrogen-bond donors (Lipinski definition) is 8. The molecule has 0 fully saturated rings. The highest BCUT2D eigenvalue weighted by atomic mass is 16.4. The van der Waals surface area contributed by atoms with Crippen molar-refractivity contribution < 1.29 is 34.2 Å². The predicted octanol–water partition coefficient (Wildman–Crippen LogP) is 1.19. The zero-order chi connectivity index (χ0) is 31.1. The fraction of sp³-hybridized carbons (Fsp3) is 0.300. The van der Waals surface area contributed by atoms with Gasteiger partial charge in [-0.2, -0.15) is 0 Å². The van der Waals surface area contributed by atoms with Gasteiger partial charge in [0.1, 0.15) is 18.1 Å². The average molecular weight is 591 g/mol. The first-order chi connectivity index (χ1) is 20.5. The zero-order valence-electron chi connectivity index (χ0n) is 23.4. The number of rotatable bonds is 14. The highest BCUT2D eigenvalue weighted by Gasteiger charge is 2.31. The van der Waals surface area contributed by atoms with Crippen molar-refractivity contribution in [1.29, 1.82) is 0 Å². The lowest BCUT2D eigenvalue weighted by Crippen LogP contribution is -2.58. The molecule has 0 radical (unpaired) electrons. The van der Waals surface area contributed by atoms with Gasteiger partial charge in [-0.05, 0) is 36.6 Å². The molecule has 3 amide bonds. The second-order valence-electron chi connectivity index (χ2n) is 10.4. The minimum absolute atomic E-state index is 0.0199. The highest BCUT2D eigenvalue weighted by Crippen LogP contribution is 2.21. The maximum absolute atomic E-state index is 13.7. The number of aromatic nitrogens is 2. The Bertz CT molecular complexity index is 1640. The van der Waals surface area contributed by atoms with E-state index in [1.165, 1.54) is 6.92 Å². The fourth-order valence-corrected chi connectivity index (χ4v) is 4.83. The number of carbonyl (C=O) groups excluding carboxylic acids is 3. The molecule has 0 saturated carbocycles. The van der Waals surface area contributed by atoms with E-state index in [0.717, 1.165) is 27.4 Å². The minimum Gasteiger partial charge on any atom is -0.481 e. The summed E-state index contributed by atoms with van der Waals surface area (Å²) in [6.45, 7) is 1.48. The van der Waals surface area contributed by atoms with Gasteiger partial charge in [0.05, 0.1) is 6.04 Å². The number of aromatic amines is 2. The first-order valence-electron chi connectivity index (χ1n) is 13.7. The summed E-state index contributed by atoms with van der Waals surface area (Å²) in [5.74, 6) is -4.70. The maximum atomic E-state index is 13.7. The summed E-state index contributed by atoms with van der Waals surface area (Å²) in [4.78, 5) is 68.9. The van der Waals surface area contributed by atoms with Gasteiger partial charge in [0, 0.05) is 53.5 Å². The normalized spacial score (nSPS) is 14.0. The molecule has 0 saturated heterocycles. The summed E-state index contributed by atoms with van der Waals surface area (Å²) >= 11 is 0. The SMILES string of the molecule is CC(N)C(=O)NC(Cc1c[nH]c2ccccc12)C(=O)NC(Cc1c[nH]c2ccccc12)C(=O)NC(CCC(=O)O)C(=O)O. The van der Waals surface area contributed by atoms with Crippen molar-refractivity contribution in [3.63, 3.8) is 0 Å².